The highest BCUT2D eigenvalue weighted by Gasteiger charge is 2.28. The molecular weight excluding hydrogens is 218 g/mol. The van der Waals surface area contributed by atoms with Gasteiger partial charge in [-0.1, -0.05) is 17.7 Å². The van der Waals surface area contributed by atoms with Gasteiger partial charge in [-0.2, -0.15) is 0 Å². The summed E-state index contributed by atoms with van der Waals surface area (Å²) in [6, 6.07) is 5.72. The summed E-state index contributed by atoms with van der Waals surface area (Å²) in [5, 5.41) is 9.94. The Morgan fingerprint density at radius 3 is 3.06 bits per heavy atom. The molecule has 1 aliphatic rings. The topological polar surface area (TPSA) is 49.8 Å². The molecule has 17 heavy (non-hydrogen) atoms. The molecule has 1 aromatic rings. The van der Waals surface area contributed by atoms with E-state index in [1.54, 1.807) is 11.8 Å². The fourth-order valence-electron chi connectivity index (χ4n) is 2.11. The summed E-state index contributed by atoms with van der Waals surface area (Å²) in [5.41, 5.74) is 2.64. The minimum absolute atomic E-state index is 0.343. The Morgan fingerprint density at radius 1 is 1.59 bits per heavy atom. The van der Waals surface area contributed by atoms with E-state index in [2.05, 4.69) is 0 Å². The molecule has 4 heteroatoms. The predicted octanol–water partition coefficient (Wildman–Crippen LogP) is 2.40. The third kappa shape index (κ3) is 2.26. The van der Waals surface area contributed by atoms with E-state index in [0.717, 1.165) is 16.8 Å². The van der Waals surface area contributed by atoms with Gasteiger partial charge in [0.15, 0.2) is 0 Å². The summed E-state index contributed by atoms with van der Waals surface area (Å²) in [5.74, 6) is 0. The average Bonchev–Trinajstić information content (AvgIpc) is 2.30. The standard InChI is InChI=1S/C13H17NO3/c1-3-17-13(16)14-7-6-12(15)10-8-9(2)4-5-11(10)14/h4-5,8,12,15H,3,6-7H2,1-2H3. The molecule has 1 aliphatic heterocycles. The van der Waals surface area contributed by atoms with Crippen molar-refractivity contribution in [3.05, 3.63) is 29.3 Å². The van der Waals surface area contributed by atoms with Crippen molar-refractivity contribution in [2.24, 2.45) is 0 Å². The number of anilines is 1. The van der Waals surface area contributed by atoms with Crippen LogP contribution in [0.4, 0.5) is 10.5 Å². The van der Waals surface area contributed by atoms with E-state index in [1.807, 2.05) is 25.1 Å². The van der Waals surface area contributed by atoms with Gasteiger partial charge in [0.05, 0.1) is 18.4 Å². The van der Waals surface area contributed by atoms with Crippen LogP contribution in [0.2, 0.25) is 0 Å². The van der Waals surface area contributed by atoms with Gasteiger partial charge in [0.1, 0.15) is 0 Å². The first-order valence-corrected chi connectivity index (χ1v) is 5.86. The maximum Gasteiger partial charge on any atom is 0.414 e. The zero-order chi connectivity index (χ0) is 12.4. The minimum Gasteiger partial charge on any atom is -0.449 e. The number of aryl methyl sites for hydroxylation is 1. The van der Waals surface area contributed by atoms with Crippen LogP contribution in [0.5, 0.6) is 0 Å². The molecule has 2 rings (SSSR count). The Hall–Kier alpha value is -1.55. The highest BCUT2D eigenvalue weighted by molar-refractivity contribution is 5.89. The summed E-state index contributed by atoms with van der Waals surface area (Å²) >= 11 is 0. The number of benzene rings is 1. The van der Waals surface area contributed by atoms with Gasteiger partial charge in [-0.3, -0.25) is 4.90 Å². The van der Waals surface area contributed by atoms with E-state index in [0.29, 0.717) is 19.6 Å². The van der Waals surface area contributed by atoms with Crippen molar-refractivity contribution in [3.63, 3.8) is 0 Å². The van der Waals surface area contributed by atoms with Gasteiger partial charge in [-0.05, 0) is 26.3 Å². The molecule has 0 radical (unpaired) electrons. The number of aliphatic hydroxyl groups is 1. The van der Waals surface area contributed by atoms with Crippen LogP contribution < -0.4 is 4.90 Å². The van der Waals surface area contributed by atoms with Crippen LogP contribution >= 0.6 is 0 Å². The van der Waals surface area contributed by atoms with E-state index in [1.165, 1.54) is 0 Å². The molecule has 0 aromatic heterocycles. The SMILES string of the molecule is CCOC(=O)N1CCC(O)c2cc(C)ccc21. The third-order valence-electron chi connectivity index (χ3n) is 2.95. The lowest BCUT2D eigenvalue weighted by Crippen LogP contribution is -2.37. The number of carbonyl (C=O) groups excluding carboxylic acids is 1. The van der Waals surface area contributed by atoms with Crippen LogP contribution in [-0.4, -0.2) is 24.4 Å². The van der Waals surface area contributed by atoms with Crippen LogP contribution in [0.1, 0.15) is 30.6 Å². The largest absolute Gasteiger partial charge is 0.449 e. The lowest BCUT2D eigenvalue weighted by atomic mass is 9.97. The first-order chi connectivity index (χ1) is 8.13. The molecule has 1 N–H and O–H groups in total. The molecule has 0 aliphatic carbocycles. The Bertz CT molecular complexity index is 431. The first-order valence-electron chi connectivity index (χ1n) is 5.86. The maximum atomic E-state index is 11.8. The van der Waals surface area contributed by atoms with Gasteiger partial charge in [0.2, 0.25) is 0 Å². The van der Waals surface area contributed by atoms with Crippen molar-refractivity contribution >= 4 is 11.8 Å². The Morgan fingerprint density at radius 2 is 2.35 bits per heavy atom. The van der Waals surface area contributed by atoms with Crippen LogP contribution in [0.25, 0.3) is 0 Å². The number of amides is 1. The highest BCUT2D eigenvalue weighted by Crippen LogP contribution is 2.34. The molecular formula is C13H17NO3. The Labute approximate surface area is 101 Å². The second-order valence-corrected chi connectivity index (χ2v) is 4.22. The molecule has 4 nitrogen and oxygen atoms in total. The normalized spacial score (nSPS) is 18.8. The molecule has 1 amide bonds. The van der Waals surface area contributed by atoms with E-state index in [-0.39, 0.29) is 6.09 Å². The molecule has 1 unspecified atom stereocenters. The van der Waals surface area contributed by atoms with Crippen molar-refractivity contribution < 1.29 is 14.6 Å². The fourth-order valence-corrected chi connectivity index (χ4v) is 2.11. The zero-order valence-corrected chi connectivity index (χ0v) is 10.1. The lowest BCUT2D eigenvalue weighted by Gasteiger charge is -2.31. The van der Waals surface area contributed by atoms with Crippen molar-refractivity contribution in [2.75, 3.05) is 18.1 Å². The number of aliphatic hydroxyl groups excluding tert-OH is 1. The monoisotopic (exact) mass is 235 g/mol. The van der Waals surface area contributed by atoms with E-state index < -0.39 is 6.10 Å². The maximum absolute atomic E-state index is 11.8. The summed E-state index contributed by atoms with van der Waals surface area (Å²) in [4.78, 5) is 13.4. The van der Waals surface area contributed by atoms with Gasteiger partial charge in [0.25, 0.3) is 0 Å². The molecule has 1 heterocycles. The van der Waals surface area contributed by atoms with Crippen molar-refractivity contribution in [2.45, 2.75) is 26.4 Å². The Kier molecular flexibility index (Phi) is 3.33. The number of fused-ring (bicyclic) bond motifs is 1. The van der Waals surface area contributed by atoms with Gasteiger partial charge in [-0.25, -0.2) is 4.79 Å². The molecule has 0 bridgehead atoms. The van der Waals surface area contributed by atoms with Crippen LogP contribution in [-0.2, 0) is 4.74 Å². The highest BCUT2D eigenvalue weighted by atomic mass is 16.6. The molecule has 0 saturated heterocycles. The zero-order valence-electron chi connectivity index (χ0n) is 10.1. The van der Waals surface area contributed by atoms with E-state index >= 15 is 0 Å². The molecule has 1 atom stereocenters. The summed E-state index contributed by atoms with van der Waals surface area (Å²) in [7, 11) is 0. The summed E-state index contributed by atoms with van der Waals surface area (Å²) in [6.07, 6.45) is -0.282. The first kappa shape index (κ1) is 11.9. The molecule has 0 saturated carbocycles. The second kappa shape index (κ2) is 4.75. The van der Waals surface area contributed by atoms with Crippen molar-refractivity contribution in [1.82, 2.24) is 0 Å². The quantitative estimate of drug-likeness (QED) is 0.813. The lowest BCUT2D eigenvalue weighted by molar-refractivity contribution is 0.146. The number of ether oxygens (including phenoxy) is 1. The molecule has 92 valence electrons. The van der Waals surface area contributed by atoms with Crippen LogP contribution in [0.15, 0.2) is 18.2 Å². The number of hydrogen-bond acceptors (Lipinski definition) is 3. The molecule has 0 fully saturated rings. The number of hydrogen-bond donors (Lipinski definition) is 1. The minimum atomic E-state index is -0.490. The second-order valence-electron chi connectivity index (χ2n) is 4.22. The van der Waals surface area contributed by atoms with Crippen LogP contribution in [0.3, 0.4) is 0 Å². The van der Waals surface area contributed by atoms with E-state index in [9.17, 15) is 9.90 Å². The molecule has 1 aromatic carbocycles. The average molecular weight is 235 g/mol. The van der Waals surface area contributed by atoms with Crippen molar-refractivity contribution in [3.8, 4) is 0 Å². The number of carbonyl (C=O) groups is 1. The van der Waals surface area contributed by atoms with Gasteiger partial charge < -0.3 is 9.84 Å². The third-order valence-corrected chi connectivity index (χ3v) is 2.95. The van der Waals surface area contributed by atoms with E-state index in [4.69, 9.17) is 4.74 Å². The Balaban J connectivity index is 2.35. The predicted molar refractivity (Wildman–Crippen MR) is 65.1 cm³/mol. The van der Waals surface area contributed by atoms with Gasteiger partial charge in [0, 0.05) is 12.1 Å². The number of nitrogens with zero attached hydrogens (tertiary/aromatic N) is 1. The number of rotatable bonds is 1. The summed E-state index contributed by atoms with van der Waals surface area (Å²) in [6.45, 7) is 4.61. The van der Waals surface area contributed by atoms with Crippen LogP contribution in [0, 0.1) is 6.92 Å². The smallest absolute Gasteiger partial charge is 0.414 e. The summed E-state index contributed by atoms with van der Waals surface area (Å²) < 4.78 is 5.01. The van der Waals surface area contributed by atoms with Gasteiger partial charge >= 0.3 is 6.09 Å². The molecule has 0 spiro atoms. The fraction of sp³-hybridized carbons (Fsp3) is 0.462. The van der Waals surface area contributed by atoms with Gasteiger partial charge in [-0.15, -0.1) is 0 Å². The van der Waals surface area contributed by atoms with Crippen molar-refractivity contribution in [1.29, 1.82) is 0 Å².